The summed E-state index contributed by atoms with van der Waals surface area (Å²) < 4.78 is 0. The van der Waals surface area contributed by atoms with Crippen molar-refractivity contribution in [2.24, 2.45) is 0 Å². The van der Waals surface area contributed by atoms with E-state index in [1.54, 1.807) is 24.2 Å². The van der Waals surface area contributed by atoms with Crippen molar-refractivity contribution < 1.29 is 0 Å². The molecule has 3 nitrogen and oxygen atoms in total. The fourth-order valence-corrected chi connectivity index (χ4v) is 0.929. The summed E-state index contributed by atoms with van der Waals surface area (Å²) in [7, 11) is 0. The molecule has 0 fully saturated rings. The lowest BCUT2D eigenvalue weighted by molar-refractivity contribution is 0.839. The summed E-state index contributed by atoms with van der Waals surface area (Å²) >= 11 is 1.59. The molecule has 0 aromatic carbocycles. The van der Waals surface area contributed by atoms with Crippen molar-refractivity contribution in [2.75, 3.05) is 5.75 Å². The number of aromatic nitrogens is 3. The Bertz CT molecular complexity index is 165. The summed E-state index contributed by atoms with van der Waals surface area (Å²) in [6, 6.07) is 0. The molecule has 1 rings (SSSR count). The van der Waals surface area contributed by atoms with Crippen LogP contribution in [0.5, 0.6) is 0 Å². The molecule has 4 heteroatoms. The predicted octanol–water partition coefficient (Wildman–Crippen LogP) is 0.984. The van der Waals surface area contributed by atoms with Crippen LogP contribution in [0.25, 0.3) is 0 Å². The van der Waals surface area contributed by atoms with E-state index in [2.05, 4.69) is 22.1 Å². The molecule has 0 saturated heterocycles. The van der Waals surface area contributed by atoms with Crippen LogP contribution in [0.4, 0.5) is 0 Å². The van der Waals surface area contributed by atoms with Gasteiger partial charge in [0.15, 0.2) is 0 Å². The first-order valence-corrected chi connectivity index (χ1v) is 3.68. The summed E-state index contributed by atoms with van der Waals surface area (Å²) in [6.45, 7) is 2.06. The van der Waals surface area contributed by atoms with Crippen LogP contribution in [0.2, 0.25) is 0 Å². The number of thioether (sulfide) groups is 1. The second-order valence-corrected chi connectivity index (χ2v) is 2.59. The monoisotopic (exact) mass is 141 g/mol. The number of hydrogen-bond acceptors (Lipinski definition) is 4. The quantitative estimate of drug-likeness (QED) is 0.575. The zero-order valence-electron chi connectivity index (χ0n) is 5.11. The third-order valence-corrected chi connectivity index (χ3v) is 1.47. The van der Waals surface area contributed by atoms with E-state index in [4.69, 9.17) is 0 Å². The average molecular weight is 141 g/mol. The maximum Gasteiger partial charge on any atom is 0.209 e. The largest absolute Gasteiger partial charge is 0.228 e. The second kappa shape index (κ2) is 3.40. The Hall–Kier alpha value is -0.640. The second-order valence-electron chi connectivity index (χ2n) is 1.36. The Morgan fingerprint density at radius 3 is 3.00 bits per heavy atom. The minimum Gasteiger partial charge on any atom is -0.228 e. The van der Waals surface area contributed by atoms with E-state index in [9.17, 15) is 0 Å². The van der Waals surface area contributed by atoms with Gasteiger partial charge in [0.1, 0.15) is 0 Å². The van der Waals surface area contributed by atoms with Crippen LogP contribution in [0, 0.1) is 0 Å². The van der Waals surface area contributed by atoms with Gasteiger partial charge in [-0.1, -0.05) is 18.7 Å². The van der Waals surface area contributed by atoms with Crippen molar-refractivity contribution in [2.45, 2.75) is 12.1 Å². The van der Waals surface area contributed by atoms with Crippen LogP contribution in [-0.4, -0.2) is 20.9 Å². The van der Waals surface area contributed by atoms with Gasteiger partial charge >= 0.3 is 0 Å². The maximum atomic E-state index is 3.96. The number of rotatable bonds is 2. The van der Waals surface area contributed by atoms with Crippen LogP contribution >= 0.6 is 11.8 Å². The third-order valence-electron chi connectivity index (χ3n) is 0.735. The van der Waals surface area contributed by atoms with Crippen LogP contribution in [0.1, 0.15) is 6.92 Å². The van der Waals surface area contributed by atoms with E-state index >= 15 is 0 Å². The molecule has 0 aliphatic heterocycles. The molecule has 0 aliphatic rings. The summed E-state index contributed by atoms with van der Waals surface area (Å²) in [5.41, 5.74) is 0. The predicted molar refractivity (Wildman–Crippen MR) is 36.2 cm³/mol. The van der Waals surface area contributed by atoms with Crippen molar-refractivity contribution in [1.29, 1.82) is 0 Å². The highest BCUT2D eigenvalue weighted by Crippen LogP contribution is 2.07. The molecule has 48 valence electrons. The smallest absolute Gasteiger partial charge is 0.209 e. The minimum absolute atomic E-state index is 0.750. The van der Waals surface area contributed by atoms with Gasteiger partial charge in [0.25, 0.3) is 0 Å². The van der Waals surface area contributed by atoms with Crippen molar-refractivity contribution in [3.63, 3.8) is 0 Å². The Morgan fingerprint density at radius 1 is 1.56 bits per heavy atom. The number of hydrogen-bond donors (Lipinski definition) is 0. The lowest BCUT2D eigenvalue weighted by Gasteiger charge is -1.89. The lowest BCUT2D eigenvalue weighted by Crippen LogP contribution is -1.86. The normalized spacial score (nSPS) is 9.44. The summed E-state index contributed by atoms with van der Waals surface area (Å²) in [6.07, 6.45) is 3.21. The van der Waals surface area contributed by atoms with E-state index in [0.29, 0.717) is 0 Å². The molecule has 0 bridgehead atoms. The highest BCUT2D eigenvalue weighted by Gasteiger charge is 1.89. The average Bonchev–Trinajstić information content (AvgIpc) is 1.91. The van der Waals surface area contributed by atoms with Crippen molar-refractivity contribution in [3.8, 4) is 0 Å². The van der Waals surface area contributed by atoms with E-state index in [0.717, 1.165) is 10.9 Å². The first-order valence-electron chi connectivity index (χ1n) is 2.70. The number of nitrogens with zero attached hydrogens (tertiary/aromatic N) is 3. The highest BCUT2D eigenvalue weighted by molar-refractivity contribution is 7.99. The molecule has 0 saturated carbocycles. The maximum absolute atomic E-state index is 3.96. The molecule has 0 atom stereocenters. The Labute approximate surface area is 57.9 Å². The van der Waals surface area contributed by atoms with Gasteiger partial charge in [-0.3, -0.25) is 0 Å². The zero-order chi connectivity index (χ0) is 6.53. The van der Waals surface area contributed by atoms with Gasteiger partial charge in [-0.05, 0) is 5.75 Å². The zero-order valence-corrected chi connectivity index (χ0v) is 5.93. The Morgan fingerprint density at radius 2 is 2.44 bits per heavy atom. The molecule has 1 aromatic heterocycles. The van der Waals surface area contributed by atoms with Gasteiger partial charge in [0.05, 0.1) is 12.4 Å². The van der Waals surface area contributed by atoms with Gasteiger partial charge in [-0.2, -0.15) is 5.10 Å². The molecular weight excluding hydrogens is 134 g/mol. The molecular formula is C5H7N3S. The minimum atomic E-state index is 0.750. The summed E-state index contributed by atoms with van der Waals surface area (Å²) in [5.74, 6) is 0.992. The van der Waals surface area contributed by atoms with E-state index in [1.165, 1.54) is 0 Å². The fraction of sp³-hybridized carbons (Fsp3) is 0.400. The Kier molecular flexibility index (Phi) is 2.45. The third kappa shape index (κ3) is 1.97. The van der Waals surface area contributed by atoms with Gasteiger partial charge < -0.3 is 0 Å². The SMILES string of the molecule is CCSc1nccnn1. The molecule has 1 aromatic rings. The molecule has 9 heavy (non-hydrogen) atoms. The van der Waals surface area contributed by atoms with Gasteiger partial charge in [-0.25, -0.2) is 4.98 Å². The van der Waals surface area contributed by atoms with E-state index in [1.807, 2.05) is 0 Å². The summed E-state index contributed by atoms with van der Waals surface area (Å²) in [4.78, 5) is 3.96. The molecule has 1 heterocycles. The molecule has 0 unspecified atom stereocenters. The lowest BCUT2D eigenvalue weighted by atomic mass is 10.9. The Balaban J connectivity index is 2.61. The van der Waals surface area contributed by atoms with Crippen LogP contribution in [-0.2, 0) is 0 Å². The van der Waals surface area contributed by atoms with Gasteiger partial charge in [-0.15, -0.1) is 5.10 Å². The van der Waals surface area contributed by atoms with Crippen LogP contribution in [0.3, 0.4) is 0 Å². The first kappa shape index (κ1) is 6.48. The van der Waals surface area contributed by atoms with Crippen LogP contribution in [0.15, 0.2) is 17.6 Å². The van der Waals surface area contributed by atoms with Crippen molar-refractivity contribution in [3.05, 3.63) is 12.4 Å². The highest BCUT2D eigenvalue weighted by atomic mass is 32.2. The molecule has 0 amide bonds. The van der Waals surface area contributed by atoms with E-state index in [-0.39, 0.29) is 0 Å². The van der Waals surface area contributed by atoms with Crippen LogP contribution < -0.4 is 0 Å². The molecule has 0 spiro atoms. The van der Waals surface area contributed by atoms with Crippen molar-refractivity contribution in [1.82, 2.24) is 15.2 Å². The molecule has 0 radical (unpaired) electrons. The van der Waals surface area contributed by atoms with Crippen molar-refractivity contribution >= 4 is 11.8 Å². The molecule has 0 aliphatic carbocycles. The summed E-state index contributed by atoms with van der Waals surface area (Å²) in [5, 5.41) is 8.19. The first-order chi connectivity index (χ1) is 4.43. The van der Waals surface area contributed by atoms with E-state index < -0.39 is 0 Å². The fourth-order valence-electron chi connectivity index (χ4n) is 0.431. The topological polar surface area (TPSA) is 38.7 Å². The molecule has 0 N–H and O–H groups in total. The van der Waals surface area contributed by atoms with Gasteiger partial charge in [0.2, 0.25) is 5.16 Å². The standard InChI is InChI=1S/C5H7N3S/c1-2-9-5-6-3-4-7-8-5/h3-4H,2H2,1H3. The van der Waals surface area contributed by atoms with Gasteiger partial charge in [0, 0.05) is 0 Å².